The van der Waals surface area contributed by atoms with Crippen LogP contribution >= 0.6 is 31.9 Å². The minimum Gasteiger partial charge on any atom is -0.493 e. The first-order valence-corrected chi connectivity index (χ1v) is 15.1. The fourth-order valence-electron chi connectivity index (χ4n) is 4.29. The van der Waals surface area contributed by atoms with E-state index in [0.717, 1.165) is 5.56 Å². The van der Waals surface area contributed by atoms with E-state index in [4.69, 9.17) is 18.9 Å². The number of carbonyl (C=O) groups is 3. The third-order valence-corrected chi connectivity index (χ3v) is 7.54. The van der Waals surface area contributed by atoms with E-state index in [1.165, 1.54) is 25.5 Å². The lowest BCUT2D eigenvalue weighted by Gasteiger charge is -2.28. The Hall–Kier alpha value is -4.43. The largest absolute Gasteiger partial charge is 0.493 e. The minimum atomic E-state index is -0.783. The van der Waals surface area contributed by atoms with Crippen LogP contribution in [0.1, 0.15) is 36.6 Å². The molecule has 0 unspecified atom stereocenters. The first-order chi connectivity index (χ1) is 21.6. The van der Waals surface area contributed by atoms with E-state index in [2.05, 4.69) is 53.0 Å². The minimum absolute atomic E-state index is 0.175. The standard InChI is InChI=1S/C31H29Br2FN4O7/c1-4-43-30(40)27-17(2)36-31(41)37-28(27)20-7-10-24(25(13-20)42-3)44-16-26(39)38-35-14-19-11-22(32)29(23(33)12-19)45-15-18-5-8-21(34)9-6-18/h5-14,28H,4,15-16H2,1-3H3,(H,38,39)(H2,36,37,41)/b35-14-/t28-/m1/s1. The number of methoxy groups -OCH3 is 1. The fourth-order valence-corrected chi connectivity index (χ4v) is 5.74. The van der Waals surface area contributed by atoms with Gasteiger partial charge < -0.3 is 29.6 Å². The van der Waals surface area contributed by atoms with Crippen molar-refractivity contribution in [3.8, 4) is 17.2 Å². The van der Waals surface area contributed by atoms with Crippen molar-refractivity contribution in [2.75, 3.05) is 20.3 Å². The topological polar surface area (TPSA) is 137 Å². The molecule has 236 valence electrons. The first kappa shape index (κ1) is 33.5. The van der Waals surface area contributed by atoms with Crippen molar-refractivity contribution < 1.29 is 37.7 Å². The van der Waals surface area contributed by atoms with E-state index in [1.807, 2.05) is 0 Å². The van der Waals surface area contributed by atoms with Gasteiger partial charge in [0.2, 0.25) is 0 Å². The zero-order valence-corrected chi connectivity index (χ0v) is 27.6. The molecule has 0 fully saturated rings. The number of hydrogen-bond donors (Lipinski definition) is 3. The molecule has 0 aromatic heterocycles. The van der Waals surface area contributed by atoms with Gasteiger partial charge in [0.25, 0.3) is 5.91 Å². The maximum atomic E-state index is 13.1. The lowest BCUT2D eigenvalue weighted by molar-refractivity contribution is -0.139. The van der Waals surface area contributed by atoms with Crippen LogP contribution in [0.3, 0.4) is 0 Å². The Kier molecular flexibility index (Phi) is 11.5. The van der Waals surface area contributed by atoms with Crippen LogP contribution in [0.25, 0.3) is 0 Å². The van der Waals surface area contributed by atoms with Gasteiger partial charge in [-0.1, -0.05) is 18.2 Å². The molecule has 14 heteroatoms. The fraction of sp³-hybridized carbons (Fsp3) is 0.226. The molecule has 0 bridgehead atoms. The highest BCUT2D eigenvalue weighted by Crippen LogP contribution is 2.36. The smallest absolute Gasteiger partial charge is 0.338 e. The monoisotopic (exact) mass is 746 g/mol. The van der Waals surface area contributed by atoms with Crippen molar-refractivity contribution in [2.45, 2.75) is 26.5 Å². The number of rotatable bonds is 12. The average Bonchev–Trinajstić information content (AvgIpc) is 3.00. The maximum absolute atomic E-state index is 13.1. The van der Waals surface area contributed by atoms with Crippen LogP contribution in [-0.4, -0.2) is 44.4 Å². The molecular weight excluding hydrogens is 719 g/mol. The summed E-state index contributed by atoms with van der Waals surface area (Å²) in [5.74, 6) is -0.294. The normalized spacial score (nSPS) is 14.4. The van der Waals surface area contributed by atoms with Crippen LogP contribution in [0, 0.1) is 5.82 Å². The second kappa shape index (κ2) is 15.5. The van der Waals surface area contributed by atoms with Gasteiger partial charge >= 0.3 is 12.0 Å². The number of esters is 1. The molecule has 1 heterocycles. The Morgan fingerprint density at radius 2 is 1.76 bits per heavy atom. The van der Waals surface area contributed by atoms with Crippen molar-refractivity contribution in [1.29, 1.82) is 0 Å². The van der Waals surface area contributed by atoms with Crippen LogP contribution in [-0.2, 0) is 20.9 Å². The van der Waals surface area contributed by atoms with Crippen molar-refractivity contribution in [1.82, 2.24) is 16.1 Å². The van der Waals surface area contributed by atoms with Gasteiger partial charge in [0.1, 0.15) is 18.2 Å². The highest BCUT2D eigenvalue weighted by Gasteiger charge is 2.32. The molecule has 45 heavy (non-hydrogen) atoms. The lowest BCUT2D eigenvalue weighted by Crippen LogP contribution is -2.45. The number of allylic oxidation sites excluding steroid dienone is 1. The third kappa shape index (κ3) is 8.82. The number of carbonyl (C=O) groups excluding carboxylic acids is 3. The second-order valence-electron chi connectivity index (χ2n) is 9.51. The van der Waals surface area contributed by atoms with E-state index in [9.17, 15) is 18.8 Å². The van der Waals surface area contributed by atoms with Crippen molar-refractivity contribution in [3.05, 3.63) is 97.3 Å². The van der Waals surface area contributed by atoms with E-state index >= 15 is 0 Å². The number of hydrazone groups is 1. The molecule has 3 aromatic rings. The zero-order chi connectivity index (χ0) is 32.5. The number of hydrogen-bond acceptors (Lipinski definition) is 8. The van der Waals surface area contributed by atoms with Crippen LogP contribution in [0.4, 0.5) is 9.18 Å². The van der Waals surface area contributed by atoms with Gasteiger partial charge in [0, 0.05) is 5.70 Å². The van der Waals surface area contributed by atoms with Gasteiger partial charge in [0.15, 0.2) is 18.1 Å². The van der Waals surface area contributed by atoms with Gasteiger partial charge in [-0.05, 0) is 98.8 Å². The van der Waals surface area contributed by atoms with Crippen molar-refractivity contribution >= 4 is 56.0 Å². The maximum Gasteiger partial charge on any atom is 0.338 e. The SMILES string of the molecule is CCOC(=O)C1=C(C)NC(=O)N[C@@H]1c1ccc(OCC(=O)N/N=C\c2cc(Br)c(OCc3ccc(F)cc3)c(Br)c2)c(OC)c1. The third-order valence-electron chi connectivity index (χ3n) is 6.36. The summed E-state index contributed by atoms with van der Waals surface area (Å²) in [4.78, 5) is 37.2. The summed E-state index contributed by atoms with van der Waals surface area (Å²) in [6, 6.07) is 13.1. The quantitative estimate of drug-likeness (QED) is 0.124. The van der Waals surface area contributed by atoms with Gasteiger partial charge in [-0.25, -0.2) is 19.4 Å². The molecule has 4 rings (SSSR count). The van der Waals surface area contributed by atoms with Crippen LogP contribution in [0.15, 0.2) is 79.9 Å². The number of urea groups is 1. The van der Waals surface area contributed by atoms with Crippen molar-refractivity contribution in [2.24, 2.45) is 5.10 Å². The molecule has 0 radical (unpaired) electrons. The molecule has 0 saturated heterocycles. The Labute approximate surface area is 275 Å². The number of ether oxygens (including phenoxy) is 4. The number of benzene rings is 3. The van der Waals surface area contributed by atoms with Gasteiger partial charge in [-0.2, -0.15) is 5.10 Å². The Morgan fingerprint density at radius 3 is 2.42 bits per heavy atom. The van der Waals surface area contributed by atoms with E-state index in [1.54, 1.807) is 56.3 Å². The van der Waals surface area contributed by atoms with Crippen LogP contribution < -0.4 is 30.3 Å². The Morgan fingerprint density at radius 1 is 1.04 bits per heavy atom. The average molecular weight is 748 g/mol. The van der Waals surface area contributed by atoms with E-state index in [0.29, 0.717) is 31.5 Å². The summed E-state index contributed by atoms with van der Waals surface area (Å²) in [7, 11) is 1.43. The molecule has 3 amide bonds. The molecule has 0 spiro atoms. The predicted octanol–water partition coefficient (Wildman–Crippen LogP) is 5.66. The molecule has 3 aromatic carbocycles. The highest BCUT2D eigenvalue weighted by molar-refractivity contribution is 9.11. The molecule has 0 saturated carbocycles. The Balaban J connectivity index is 1.35. The summed E-state index contributed by atoms with van der Waals surface area (Å²) in [6.45, 7) is 3.36. The second-order valence-corrected chi connectivity index (χ2v) is 11.2. The van der Waals surface area contributed by atoms with E-state index < -0.39 is 23.9 Å². The van der Waals surface area contributed by atoms with Crippen LogP contribution in [0.5, 0.6) is 17.2 Å². The zero-order valence-electron chi connectivity index (χ0n) is 24.4. The summed E-state index contributed by atoms with van der Waals surface area (Å²) in [5, 5.41) is 9.30. The number of amides is 3. The number of halogens is 3. The van der Waals surface area contributed by atoms with Gasteiger partial charge in [-0.15, -0.1) is 0 Å². The summed E-state index contributed by atoms with van der Waals surface area (Å²) >= 11 is 6.95. The molecule has 1 aliphatic heterocycles. The molecule has 3 N–H and O–H groups in total. The van der Waals surface area contributed by atoms with Gasteiger partial charge in [-0.3, -0.25) is 4.79 Å². The molecule has 1 atom stereocenters. The summed E-state index contributed by atoms with van der Waals surface area (Å²) in [6.07, 6.45) is 1.45. The molecule has 0 aliphatic carbocycles. The van der Waals surface area contributed by atoms with E-state index in [-0.39, 0.29) is 42.7 Å². The lowest BCUT2D eigenvalue weighted by atomic mass is 9.95. The Bertz CT molecular complexity index is 1620. The van der Waals surface area contributed by atoms with Crippen LogP contribution in [0.2, 0.25) is 0 Å². The summed E-state index contributed by atoms with van der Waals surface area (Å²) < 4.78 is 36.6. The predicted molar refractivity (Wildman–Crippen MR) is 171 cm³/mol. The highest BCUT2D eigenvalue weighted by atomic mass is 79.9. The van der Waals surface area contributed by atoms with Crippen molar-refractivity contribution in [3.63, 3.8) is 0 Å². The first-order valence-electron chi connectivity index (χ1n) is 13.5. The molecule has 11 nitrogen and oxygen atoms in total. The van der Waals surface area contributed by atoms with Gasteiger partial charge in [0.05, 0.1) is 40.5 Å². The summed E-state index contributed by atoms with van der Waals surface area (Å²) in [5.41, 5.74) is 5.07. The number of nitrogens with one attached hydrogen (secondary N) is 3. The molecular formula is C31H29Br2FN4O7. The number of nitrogens with zero attached hydrogens (tertiary/aromatic N) is 1. The molecule has 1 aliphatic rings.